The van der Waals surface area contributed by atoms with Crippen molar-refractivity contribution in [3.8, 4) is 0 Å². The summed E-state index contributed by atoms with van der Waals surface area (Å²) < 4.78 is 0. The molecule has 0 N–H and O–H groups in total. The largest absolute Gasteiger partial charge is 0.0981 e. The van der Waals surface area contributed by atoms with Crippen molar-refractivity contribution >= 4 is 8.07 Å². The molecule has 0 aromatic heterocycles. The summed E-state index contributed by atoms with van der Waals surface area (Å²) in [4.78, 5) is 0. The molecule has 0 saturated heterocycles. The van der Waals surface area contributed by atoms with E-state index in [4.69, 9.17) is 0 Å². The third kappa shape index (κ3) is 5.34. The van der Waals surface area contributed by atoms with Crippen LogP contribution in [0.15, 0.2) is 11.8 Å². The molecule has 0 aromatic rings. The average Bonchev–Trinajstić information content (AvgIpc) is 2.23. The fraction of sp³-hybridized carbons (Fsp3) is 0.867. The molecule has 0 fully saturated rings. The molecule has 0 unspecified atom stereocenters. The van der Waals surface area contributed by atoms with Gasteiger partial charge >= 0.3 is 0 Å². The summed E-state index contributed by atoms with van der Waals surface area (Å²) in [7, 11) is -1.18. The molecule has 0 aromatic carbocycles. The number of hydrogen-bond acceptors (Lipinski definition) is 0. The molecule has 0 spiro atoms. The molecule has 0 saturated carbocycles. The third-order valence-electron chi connectivity index (χ3n) is 4.39. The Balaban J connectivity index is 4.01. The Morgan fingerprint density at radius 2 is 1.62 bits per heavy atom. The molecule has 0 rings (SSSR count). The SMILES string of the molecule is CCCCCCC=C[Si](C)(C)C(C)(C)CC. The van der Waals surface area contributed by atoms with Crippen LogP contribution in [0.1, 0.15) is 66.2 Å². The number of unbranched alkanes of at least 4 members (excludes halogenated alkanes) is 4. The van der Waals surface area contributed by atoms with Crippen molar-refractivity contribution in [2.24, 2.45) is 0 Å². The molecule has 16 heavy (non-hydrogen) atoms. The minimum absolute atomic E-state index is 0.535. The van der Waals surface area contributed by atoms with Crippen LogP contribution in [0, 0.1) is 0 Å². The molecule has 0 bridgehead atoms. The van der Waals surface area contributed by atoms with Crippen molar-refractivity contribution in [3.63, 3.8) is 0 Å². The maximum atomic E-state index is 2.57. The molecule has 0 aliphatic carbocycles. The summed E-state index contributed by atoms with van der Waals surface area (Å²) >= 11 is 0. The third-order valence-corrected chi connectivity index (χ3v) is 9.30. The lowest BCUT2D eigenvalue weighted by atomic mass is 10.1. The second kappa shape index (κ2) is 7.32. The van der Waals surface area contributed by atoms with Crippen molar-refractivity contribution in [2.45, 2.75) is 84.4 Å². The van der Waals surface area contributed by atoms with Crippen LogP contribution in [-0.4, -0.2) is 8.07 Å². The summed E-state index contributed by atoms with van der Waals surface area (Å²) in [5.41, 5.74) is 2.57. The summed E-state index contributed by atoms with van der Waals surface area (Å²) in [6.45, 7) is 14.5. The van der Waals surface area contributed by atoms with Gasteiger partial charge in [0.05, 0.1) is 8.07 Å². The zero-order valence-electron chi connectivity index (χ0n) is 12.4. The zero-order chi connectivity index (χ0) is 12.7. The van der Waals surface area contributed by atoms with Gasteiger partial charge in [-0.25, -0.2) is 0 Å². The molecular formula is C15H32Si. The van der Waals surface area contributed by atoms with Gasteiger partial charge in [0.2, 0.25) is 0 Å². The fourth-order valence-electron chi connectivity index (χ4n) is 1.75. The molecule has 0 amide bonds. The van der Waals surface area contributed by atoms with Crippen LogP contribution in [0.2, 0.25) is 18.1 Å². The monoisotopic (exact) mass is 240 g/mol. The minimum Gasteiger partial charge on any atom is -0.0981 e. The molecule has 0 nitrogen and oxygen atoms in total. The molecule has 0 heterocycles. The lowest BCUT2D eigenvalue weighted by molar-refractivity contribution is 0.624. The molecule has 0 radical (unpaired) electrons. The predicted octanol–water partition coefficient (Wildman–Crippen LogP) is 5.95. The molecular weight excluding hydrogens is 208 g/mol. The fourth-order valence-corrected chi connectivity index (χ4v) is 3.87. The van der Waals surface area contributed by atoms with E-state index in [9.17, 15) is 0 Å². The molecule has 0 atom stereocenters. The van der Waals surface area contributed by atoms with Crippen LogP contribution in [0.25, 0.3) is 0 Å². The van der Waals surface area contributed by atoms with Gasteiger partial charge in [0.25, 0.3) is 0 Å². The lowest BCUT2D eigenvalue weighted by Gasteiger charge is -2.37. The van der Waals surface area contributed by atoms with Crippen molar-refractivity contribution in [1.29, 1.82) is 0 Å². The highest BCUT2D eigenvalue weighted by Crippen LogP contribution is 2.40. The van der Waals surface area contributed by atoms with E-state index in [0.29, 0.717) is 5.04 Å². The smallest absolute Gasteiger partial charge is 0.0768 e. The van der Waals surface area contributed by atoms with E-state index in [1.165, 1.54) is 38.5 Å². The second-order valence-electron chi connectivity index (χ2n) is 6.21. The van der Waals surface area contributed by atoms with E-state index in [-0.39, 0.29) is 0 Å². The quantitative estimate of drug-likeness (QED) is 0.363. The Bertz CT molecular complexity index is 201. The van der Waals surface area contributed by atoms with Gasteiger partial charge in [-0.2, -0.15) is 0 Å². The van der Waals surface area contributed by atoms with E-state index < -0.39 is 8.07 Å². The van der Waals surface area contributed by atoms with Gasteiger partial charge in [-0.3, -0.25) is 0 Å². The van der Waals surface area contributed by atoms with Gasteiger partial charge in [-0.05, 0) is 17.9 Å². The molecule has 0 aliphatic heterocycles. The summed E-state index contributed by atoms with van der Waals surface area (Å²) in [6, 6.07) is 0. The number of rotatable bonds is 8. The van der Waals surface area contributed by atoms with Gasteiger partial charge in [-0.15, -0.1) is 0 Å². The highest BCUT2D eigenvalue weighted by Gasteiger charge is 2.34. The van der Waals surface area contributed by atoms with E-state index >= 15 is 0 Å². The number of hydrogen-bond donors (Lipinski definition) is 0. The lowest BCUT2D eigenvalue weighted by Crippen LogP contribution is -2.36. The highest BCUT2D eigenvalue weighted by atomic mass is 28.3. The van der Waals surface area contributed by atoms with Crippen molar-refractivity contribution in [1.82, 2.24) is 0 Å². The second-order valence-corrected chi connectivity index (χ2v) is 11.3. The maximum Gasteiger partial charge on any atom is 0.0768 e. The van der Waals surface area contributed by atoms with Crippen LogP contribution in [-0.2, 0) is 0 Å². The zero-order valence-corrected chi connectivity index (χ0v) is 13.4. The normalized spacial score (nSPS) is 13.6. The first kappa shape index (κ1) is 16.0. The first-order valence-electron chi connectivity index (χ1n) is 7.05. The summed E-state index contributed by atoms with van der Waals surface area (Å²) in [5.74, 6) is 0. The topological polar surface area (TPSA) is 0 Å². The highest BCUT2D eigenvalue weighted by molar-refractivity contribution is 6.84. The summed E-state index contributed by atoms with van der Waals surface area (Å²) in [5, 5.41) is 0.535. The van der Waals surface area contributed by atoms with Gasteiger partial charge < -0.3 is 0 Å². The Hall–Kier alpha value is -0.0431. The average molecular weight is 241 g/mol. The molecule has 0 aliphatic rings. The van der Waals surface area contributed by atoms with Gasteiger partial charge in [-0.1, -0.05) is 78.2 Å². The molecule has 96 valence electrons. The Kier molecular flexibility index (Phi) is 7.30. The summed E-state index contributed by atoms with van der Waals surface area (Å²) in [6.07, 6.45) is 10.6. The van der Waals surface area contributed by atoms with Crippen LogP contribution in [0.3, 0.4) is 0 Å². The van der Waals surface area contributed by atoms with Crippen LogP contribution < -0.4 is 0 Å². The Labute approximate surface area is 105 Å². The van der Waals surface area contributed by atoms with Gasteiger partial charge in [0.1, 0.15) is 0 Å². The van der Waals surface area contributed by atoms with E-state index in [1.54, 1.807) is 0 Å². The van der Waals surface area contributed by atoms with E-state index in [1.807, 2.05) is 0 Å². The Morgan fingerprint density at radius 1 is 1.00 bits per heavy atom. The van der Waals surface area contributed by atoms with Gasteiger partial charge in [0.15, 0.2) is 0 Å². The first-order chi connectivity index (χ1) is 7.37. The standard InChI is InChI=1S/C15H32Si/c1-7-9-10-11-12-13-14-16(5,6)15(3,4)8-2/h13-14H,7-12H2,1-6H3. The Morgan fingerprint density at radius 3 is 2.12 bits per heavy atom. The van der Waals surface area contributed by atoms with Crippen LogP contribution in [0.5, 0.6) is 0 Å². The predicted molar refractivity (Wildman–Crippen MR) is 79.7 cm³/mol. The van der Waals surface area contributed by atoms with Crippen molar-refractivity contribution in [3.05, 3.63) is 11.8 Å². The van der Waals surface area contributed by atoms with Crippen molar-refractivity contribution < 1.29 is 0 Å². The van der Waals surface area contributed by atoms with Crippen LogP contribution in [0.4, 0.5) is 0 Å². The van der Waals surface area contributed by atoms with E-state index in [0.717, 1.165) is 0 Å². The number of allylic oxidation sites excluding steroid dienone is 1. The minimum atomic E-state index is -1.18. The van der Waals surface area contributed by atoms with Gasteiger partial charge in [0, 0.05) is 0 Å². The van der Waals surface area contributed by atoms with Crippen LogP contribution >= 0.6 is 0 Å². The maximum absolute atomic E-state index is 2.57. The van der Waals surface area contributed by atoms with Crippen molar-refractivity contribution in [2.75, 3.05) is 0 Å². The first-order valence-corrected chi connectivity index (χ1v) is 10.1. The van der Waals surface area contributed by atoms with E-state index in [2.05, 4.69) is 52.6 Å². The molecule has 1 heteroatoms.